The molecule has 1 amide bonds. The van der Waals surface area contributed by atoms with E-state index < -0.39 is 0 Å². The Morgan fingerprint density at radius 3 is 2.65 bits per heavy atom. The number of carbonyl (C=O) groups is 1. The van der Waals surface area contributed by atoms with Crippen LogP contribution in [0, 0.1) is 6.92 Å². The summed E-state index contributed by atoms with van der Waals surface area (Å²) in [6, 6.07) is 15.9. The second-order valence-corrected chi connectivity index (χ2v) is 9.64. The SMILES string of the molecule is Cc1cccc(N2CCN(C(=O)c3cnc4c(c3)N(Cc3cc(Cl)ccc3Cl)CCN4)CC2)c1. The Kier molecular flexibility index (Phi) is 6.53. The van der Waals surface area contributed by atoms with Crippen LogP contribution in [-0.2, 0) is 6.54 Å². The van der Waals surface area contributed by atoms with Crippen LogP contribution in [0.15, 0.2) is 54.7 Å². The first-order valence-electron chi connectivity index (χ1n) is 11.5. The van der Waals surface area contributed by atoms with Gasteiger partial charge in [-0.15, -0.1) is 0 Å². The van der Waals surface area contributed by atoms with E-state index in [4.69, 9.17) is 23.2 Å². The van der Waals surface area contributed by atoms with Crippen molar-refractivity contribution in [2.45, 2.75) is 13.5 Å². The van der Waals surface area contributed by atoms with Crippen LogP contribution in [0.1, 0.15) is 21.5 Å². The zero-order valence-electron chi connectivity index (χ0n) is 19.1. The first-order valence-corrected chi connectivity index (χ1v) is 12.3. The van der Waals surface area contributed by atoms with Crippen LogP contribution < -0.4 is 15.1 Å². The average molecular weight is 496 g/mol. The monoisotopic (exact) mass is 495 g/mol. The number of aromatic nitrogens is 1. The summed E-state index contributed by atoms with van der Waals surface area (Å²) < 4.78 is 0. The zero-order valence-corrected chi connectivity index (χ0v) is 20.6. The second kappa shape index (κ2) is 9.72. The number of rotatable bonds is 4. The molecule has 0 radical (unpaired) electrons. The van der Waals surface area contributed by atoms with Crippen molar-refractivity contribution in [3.8, 4) is 0 Å². The van der Waals surface area contributed by atoms with Crippen LogP contribution in [0.3, 0.4) is 0 Å². The third kappa shape index (κ3) is 4.79. The maximum absolute atomic E-state index is 13.3. The van der Waals surface area contributed by atoms with Crippen LogP contribution in [0.2, 0.25) is 10.0 Å². The molecular formula is C26H27Cl2N5O. The Bertz CT molecular complexity index is 1210. The molecule has 34 heavy (non-hydrogen) atoms. The molecule has 0 atom stereocenters. The summed E-state index contributed by atoms with van der Waals surface area (Å²) in [6.45, 7) is 7.25. The third-order valence-electron chi connectivity index (χ3n) is 6.43. The van der Waals surface area contributed by atoms with Gasteiger partial charge in [0.15, 0.2) is 0 Å². The molecule has 0 unspecified atom stereocenters. The molecule has 6 nitrogen and oxygen atoms in total. The van der Waals surface area contributed by atoms with E-state index in [0.717, 1.165) is 43.2 Å². The van der Waals surface area contributed by atoms with E-state index in [1.165, 1.54) is 11.3 Å². The van der Waals surface area contributed by atoms with Crippen molar-refractivity contribution < 1.29 is 4.79 Å². The second-order valence-electron chi connectivity index (χ2n) is 8.79. The van der Waals surface area contributed by atoms with Crippen molar-refractivity contribution in [2.24, 2.45) is 0 Å². The molecule has 1 aromatic heterocycles. The molecule has 2 aliphatic rings. The molecule has 1 fully saturated rings. The number of piperazine rings is 1. The zero-order chi connectivity index (χ0) is 23.7. The van der Waals surface area contributed by atoms with Gasteiger partial charge in [0, 0.05) is 67.7 Å². The maximum atomic E-state index is 13.3. The topological polar surface area (TPSA) is 51.7 Å². The largest absolute Gasteiger partial charge is 0.368 e. The van der Waals surface area contributed by atoms with E-state index in [2.05, 4.69) is 51.3 Å². The molecule has 0 spiro atoms. The number of pyridine rings is 1. The number of fused-ring (bicyclic) bond motifs is 1. The van der Waals surface area contributed by atoms with Gasteiger partial charge in [-0.2, -0.15) is 0 Å². The molecular weight excluding hydrogens is 469 g/mol. The number of hydrogen-bond donors (Lipinski definition) is 1. The summed E-state index contributed by atoms with van der Waals surface area (Å²) in [5, 5.41) is 4.67. The molecule has 5 rings (SSSR count). The van der Waals surface area contributed by atoms with Crippen LogP contribution >= 0.6 is 23.2 Å². The number of hydrogen-bond acceptors (Lipinski definition) is 5. The van der Waals surface area contributed by atoms with Crippen LogP contribution in [0.25, 0.3) is 0 Å². The maximum Gasteiger partial charge on any atom is 0.255 e. The van der Waals surface area contributed by atoms with Crippen LogP contribution in [0.5, 0.6) is 0 Å². The number of amides is 1. The average Bonchev–Trinajstić information content (AvgIpc) is 2.86. The molecule has 2 aromatic carbocycles. The lowest BCUT2D eigenvalue weighted by Gasteiger charge is -2.36. The summed E-state index contributed by atoms with van der Waals surface area (Å²) >= 11 is 12.6. The molecule has 3 aromatic rings. The molecule has 1 N–H and O–H groups in total. The fourth-order valence-electron chi connectivity index (χ4n) is 4.59. The number of nitrogens with one attached hydrogen (secondary N) is 1. The predicted octanol–water partition coefficient (Wildman–Crippen LogP) is 5.09. The Labute approximate surface area is 210 Å². The predicted molar refractivity (Wildman–Crippen MR) is 140 cm³/mol. The van der Waals surface area contributed by atoms with Gasteiger partial charge in [0.05, 0.1) is 11.3 Å². The van der Waals surface area contributed by atoms with E-state index >= 15 is 0 Å². The van der Waals surface area contributed by atoms with Crippen molar-refractivity contribution in [2.75, 3.05) is 54.4 Å². The molecule has 1 saturated heterocycles. The minimum Gasteiger partial charge on any atom is -0.368 e. The van der Waals surface area contributed by atoms with Gasteiger partial charge < -0.3 is 20.0 Å². The lowest BCUT2D eigenvalue weighted by Crippen LogP contribution is -2.48. The summed E-state index contributed by atoms with van der Waals surface area (Å²) in [5.74, 6) is 0.802. The Hall–Kier alpha value is -2.96. The van der Waals surface area contributed by atoms with E-state index in [-0.39, 0.29) is 5.91 Å². The first-order chi connectivity index (χ1) is 16.5. The highest BCUT2D eigenvalue weighted by Crippen LogP contribution is 2.32. The number of halogens is 2. The highest BCUT2D eigenvalue weighted by Gasteiger charge is 2.25. The molecule has 2 aliphatic heterocycles. The van der Waals surface area contributed by atoms with E-state index in [9.17, 15) is 4.79 Å². The van der Waals surface area contributed by atoms with E-state index in [1.54, 1.807) is 12.3 Å². The molecule has 0 aliphatic carbocycles. The summed E-state index contributed by atoms with van der Waals surface area (Å²) in [4.78, 5) is 24.4. The smallest absolute Gasteiger partial charge is 0.255 e. The summed E-state index contributed by atoms with van der Waals surface area (Å²) in [6.07, 6.45) is 1.68. The Morgan fingerprint density at radius 1 is 1.03 bits per heavy atom. The molecule has 3 heterocycles. The molecule has 8 heteroatoms. The fraction of sp³-hybridized carbons (Fsp3) is 0.308. The number of benzene rings is 2. The third-order valence-corrected chi connectivity index (χ3v) is 7.04. The van der Waals surface area contributed by atoms with Gasteiger partial charge in [0.2, 0.25) is 0 Å². The molecule has 0 bridgehead atoms. The van der Waals surface area contributed by atoms with Crippen molar-refractivity contribution in [1.29, 1.82) is 0 Å². The number of nitrogens with zero attached hydrogens (tertiary/aromatic N) is 4. The van der Waals surface area contributed by atoms with Gasteiger partial charge in [-0.1, -0.05) is 35.3 Å². The summed E-state index contributed by atoms with van der Waals surface area (Å²) in [5.41, 5.74) is 4.92. The normalized spacial score (nSPS) is 15.7. The van der Waals surface area contributed by atoms with Gasteiger partial charge in [-0.3, -0.25) is 4.79 Å². The first kappa shape index (κ1) is 22.8. The molecule has 176 valence electrons. The van der Waals surface area contributed by atoms with Crippen molar-refractivity contribution >= 4 is 46.3 Å². The quantitative estimate of drug-likeness (QED) is 0.546. The fourth-order valence-corrected chi connectivity index (χ4v) is 4.96. The Morgan fingerprint density at radius 2 is 1.85 bits per heavy atom. The van der Waals surface area contributed by atoms with Gasteiger partial charge >= 0.3 is 0 Å². The lowest BCUT2D eigenvalue weighted by atomic mass is 10.1. The number of aryl methyl sites for hydroxylation is 1. The van der Waals surface area contributed by atoms with Gasteiger partial charge in [0.1, 0.15) is 5.82 Å². The van der Waals surface area contributed by atoms with Gasteiger partial charge in [-0.25, -0.2) is 4.98 Å². The van der Waals surface area contributed by atoms with Crippen molar-refractivity contribution in [3.63, 3.8) is 0 Å². The van der Waals surface area contributed by atoms with Crippen LogP contribution in [0.4, 0.5) is 17.2 Å². The Balaban J connectivity index is 1.31. The van der Waals surface area contributed by atoms with Gasteiger partial charge in [-0.05, 0) is 54.4 Å². The highest BCUT2D eigenvalue weighted by atomic mass is 35.5. The highest BCUT2D eigenvalue weighted by molar-refractivity contribution is 6.33. The minimum absolute atomic E-state index is 0.0190. The lowest BCUT2D eigenvalue weighted by molar-refractivity contribution is 0.0746. The van der Waals surface area contributed by atoms with Gasteiger partial charge in [0.25, 0.3) is 5.91 Å². The van der Waals surface area contributed by atoms with E-state index in [0.29, 0.717) is 35.2 Å². The number of anilines is 3. The standard InChI is InChI=1S/C26H27Cl2N5O/c1-18-3-2-4-22(13-18)31-9-11-32(12-10-31)26(34)19-15-24-25(30-16-19)29-7-8-33(24)17-20-14-21(27)5-6-23(20)28/h2-6,13-16H,7-12,17H2,1H3,(H,29,30). The number of carbonyl (C=O) groups excluding carboxylic acids is 1. The summed E-state index contributed by atoms with van der Waals surface area (Å²) in [7, 11) is 0. The van der Waals surface area contributed by atoms with Crippen LogP contribution in [-0.4, -0.2) is 55.1 Å². The molecule has 0 saturated carbocycles. The minimum atomic E-state index is 0.0190. The van der Waals surface area contributed by atoms with Crippen molar-refractivity contribution in [3.05, 3.63) is 81.5 Å². The van der Waals surface area contributed by atoms with E-state index in [1.807, 2.05) is 23.1 Å². The van der Waals surface area contributed by atoms with Crippen molar-refractivity contribution in [1.82, 2.24) is 9.88 Å².